The molecule has 2 N–H and O–H groups in total. The number of amides is 4. The number of hydrogen-bond acceptors (Lipinski definition) is 6. The SMILES string of the molecule is O=C(Nc1cc(C(=O)N2CCNCC2)ccc1N1CCCN(C(=O)N2CCOCC2)CC1)c1cc(F)cc(F)c1. The van der Waals surface area contributed by atoms with Gasteiger partial charge in [0.15, 0.2) is 0 Å². The Labute approximate surface area is 231 Å². The number of rotatable bonds is 4. The fraction of sp³-hybridized carbons (Fsp3) is 0.464. The molecule has 3 heterocycles. The molecule has 214 valence electrons. The zero-order valence-electron chi connectivity index (χ0n) is 22.3. The molecule has 0 unspecified atom stereocenters. The van der Waals surface area contributed by atoms with Gasteiger partial charge in [-0.1, -0.05) is 0 Å². The number of nitrogens with zero attached hydrogens (tertiary/aromatic N) is 4. The third-order valence-electron chi connectivity index (χ3n) is 7.41. The number of urea groups is 1. The molecule has 2 aromatic carbocycles. The number of morpholine rings is 1. The highest BCUT2D eigenvalue weighted by Crippen LogP contribution is 2.30. The van der Waals surface area contributed by atoms with E-state index in [0.29, 0.717) is 108 Å². The van der Waals surface area contributed by atoms with E-state index in [0.717, 1.165) is 12.1 Å². The summed E-state index contributed by atoms with van der Waals surface area (Å²) in [5, 5.41) is 6.00. The molecule has 2 aromatic rings. The van der Waals surface area contributed by atoms with Crippen LogP contribution in [0, 0.1) is 11.6 Å². The summed E-state index contributed by atoms with van der Waals surface area (Å²) in [7, 11) is 0. The van der Waals surface area contributed by atoms with Crippen LogP contribution in [0.5, 0.6) is 0 Å². The summed E-state index contributed by atoms with van der Waals surface area (Å²) in [6.45, 7) is 6.96. The number of carbonyl (C=O) groups excluding carboxylic acids is 3. The normalized spacial score (nSPS) is 18.4. The van der Waals surface area contributed by atoms with Crippen molar-refractivity contribution in [3.8, 4) is 0 Å². The van der Waals surface area contributed by atoms with Gasteiger partial charge in [0, 0.05) is 82.6 Å². The van der Waals surface area contributed by atoms with E-state index in [1.807, 2.05) is 4.90 Å². The van der Waals surface area contributed by atoms with Gasteiger partial charge in [0.25, 0.3) is 11.8 Å². The zero-order valence-corrected chi connectivity index (χ0v) is 22.3. The molecule has 3 fully saturated rings. The largest absolute Gasteiger partial charge is 0.378 e. The van der Waals surface area contributed by atoms with Gasteiger partial charge in [0.2, 0.25) is 0 Å². The third-order valence-corrected chi connectivity index (χ3v) is 7.41. The first-order valence-corrected chi connectivity index (χ1v) is 13.7. The molecule has 4 amide bonds. The number of anilines is 2. The molecule has 40 heavy (non-hydrogen) atoms. The van der Waals surface area contributed by atoms with Gasteiger partial charge in [-0.15, -0.1) is 0 Å². The van der Waals surface area contributed by atoms with Crippen molar-refractivity contribution in [1.29, 1.82) is 0 Å². The molecule has 5 rings (SSSR count). The summed E-state index contributed by atoms with van der Waals surface area (Å²) in [5.74, 6) is -2.56. The monoisotopic (exact) mass is 556 g/mol. The van der Waals surface area contributed by atoms with Crippen molar-refractivity contribution >= 4 is 29.2 Å². The number of piperazine rings is 1. The number of nitrogens with one attached hydrogen (secondary N) is 2. The van der Waals surface area contributed by atoms with Crippen molar-refractivity contribution in [3.05, 3.63) is 59.2 Å². The van der Waals surface area contributed by atoms with Gasteiger partial charge in [0.05, 0.1) is 24.6 Å². The Balaban J connectivity index is 1.38. The van der Waals surface area contributed by atoms with Crippen LogP contribution < -0.4 is 15.5 Å². The van der Waals surface area contributed by atoms with E-state index >= 15 is 0 Å². The van der Waals surface area contributed by atoms with Crippen molar-refractivity contribution < 1.29 is 27.9 Å². The van der Waals surface area contributed by atoms with Crippen LogP contribution in [0.2, 0.25) is 0 Å². The predicted molar refractivity (Wildman–Crippen MR) is 146 cm³/mol. The van der Waals surface area contributed by atoms with E-state index in [1.54, 1.807) is 28.0 Å². The van der Waals surface area contributed by atoms with Crippen molar-refractivity contribution in [3.63, 3.8) is 0 Å². The molecule has 0 aromatic heterocycles. The van der Waals surface area contributed by atoms with E-state index in [-0.39, 0.29) is 17.5 Å². The van der Waals surface area contributed by atoms with Crippen LogP contribution in [0.3, 0.4) is 0 Å². The Hall–Kier alpha value is -3.77. The zero-order chi connectivity index (χ0) is 28.1. The number of carbonyl (C=O) groups is 3. The molecule has 0 spiro atoms. The molecule has 12 heteroatoms. The van der Waals surface area contributed by atoms with Crippen molar-refractivity contribution in [2.45, 2.75) is 6.42 Å². The highest BCUT2D eigenvalue weighted by atomic mass is 19.1. The average Bonchev–Trinajstić information content (AvgIpc) is 3.23. The van der Waals surface area contributed by atoms with Gasteiger partial charge in [-0.3, -0.25) is 9.59 Å². The van der Waals surface area contributed by atoms with Gasteiger partial charge < -0.3 is 35.0 Å². The van der Waals surface area contributed by atoms with Crippen LogP contribution in [-0.4, -0.2) is 111 Å². The van der Waals surface area contributed by atoms with E-state index in [2.05, 4.69) is 15.5 Å². The number of halogens is 2. The smallest absolute Gasteiger partial charge is 0.320 e. The van der Waals surface area contributed by atoms with Gasteiger partial charge >= 0.3 is 6.03 Å². The second kappa shape index (κ2) is 12.6. The molecular weight excluding hydrogens is 522 g/mol. The van der Waals surface area contributed by atoms with E-state index < -0.39 is 17.5 Å². The van der Waals surface area contributed by atoms with Gasteiger partial charge in [-0.2, -0.15) is 0 Å². The molecule has 10 nitrogen and oxygen atoms in total. The van der Waals surface area contributed by atoms with Crippen molar-refractivity contribution in [2.75, 3.05) is 88.9 Å². The Morgan fingerprint density at radius 3 is 2.17 bits per heavy atom. The molecule has 3 saturated heterocycles. The number of ether oxygens (including phenoxy) is 1. The molecule has 3 aliphatic heterocycles. The van der Waals surface area contributed by atoms with Crippen molar-refractivity contribution in [1.82, 2.24) is 20.0 Å². The van der Waals surface area contributed by atoms with Crippen LogP contribution in [-0.2, 0) is 4.74 Å². The van der Waals surface area contributed by atoms with Gasteiger partial charge in [-0.25, -0.2) is 13.6 Å². The highest BCUT2D eigenvalue weighted by molar-refractivity contribution is 6.07. The Bertz CT molecular complexity index is 1230. The summed E-state index contributed by atoms with van der Waals surface area (Å²) < 4.78 is 33.0. The topological polar surface area (TPSA) is 97.5 Å². The lowest BCUT2D eigenvalue weighted by Gasteiger charge is -2.32. The summed E-state index contributed by atoms with van der Waals surface area (Å²) >= 11 is 0. The molecule has 0 radical (unpaired) electrons. The molecule has 0 atom stereocenters. The van der Waals surface area contributed by atoms with Crippen molar-refractivity contribution in [2.24, 2.45) is 0 Å². The van der Waals surface area contributed by atoms with Gasteiger partial charge in [0.1, 0.15) is 11.6 Å². The van der Waals surface area contributed by atoms with Crippen LogP contribution in [0.25, 0.3) is 0 Å². The van der Waals surface area contributed by atoms with Crippen LogP contribution in [0.4, 0.5) is 25.0 Å². The molecule has 3 aliphatic rings. The van der Waals surface area contributed by atoms with E-state index in [9.17, 15) is 23.2 Å². The van der Waals surface area contributed by atoms with Crippen LogP contribution >= 0.6 is 0 Å². The first-order chi connectivity index (χ1) is 19.4. The molecule has 0 saturated carbocycles. The number of benzene rings is 2. The Morgan fingerprint density at radius 2 is 1.45 bits per heavy atom. The lowest BCUT2D eigenvalue weighted by atomic mass is 10.1. The maximum atomic E-state index is 13.8. The lowest BCUT2D eigenvalue weighted by Crippen LogP contribution is -2.49. The fourth-order valence-electron chi connectivity index (χ4n) is 5.28. The summed E-state index contributed by atoms with van der Waals surface area (Å²) in [5.41, 5.74) is 1.28. The molecule has 0 aliphatic carbocycles. The fourth-order valence-corrected chi connectivity index (χ4v) is 5.28. The molecular formula is C28H34F2N6O4. The summed E-state index contributed by atoms with van der Waals surface area (Å²) in [6.07, 6.45) is 0.708. The average molecular weight is 557 g/mol. The van der Waals surface area contributed by atoms with Crippen LogP contribution in [0.1, 0.15) is 27.1 Å². The first-order valence-electron chi connectivity index (χ1n) is 13.7. The summed E-state index contributed by atoms with van der Waals surface area (Å²) in [4.78, 5) is 46.8. The second-order valence-electron chi connectivity index (χ2n) is 10.1. The minimum Gasteiger partial charge on any atom is -0.378 e. The Kier molecular flexibility index (Phi) is 8.75. The molecule has 0 bridgehead atoms. The minimum absolute atomic E-state index is 0.0104. The summed E-state index contributed by atoms with van der Waals surface area (Å²) in [6, 6.07) is 7.77. The quantitative estimate of drug-likeness (QED) is 0.600. The van der Waals surface area contributed by atoms with Crippen LogP contribution in [0.15, 0.2) is 36.4 Å². The maximum absolute atomic E-state index is 13.8. The Morgan fingerprint density at radius 1 is 0.750 bits per heavy atom. The maximum Gasteiger partial charge on any atom is 0.320 e. The second-order valence-corrected chi connectivity index (χ2v) is 10.1. The number of hydrogen-bond donors (Lipinski definition) is 2. The predicted octanol–water partition coefficient (Wildman–Crippen LogP) is 2.23. The first kappa shape index (κ1) is 27.8. The highest BCUT2D eigenvalue weighted by Gasteiger charge is 2.27. The minimum atomic E-state index is -0.856. The lowest BCUT2D eigenvalue weighted by molar-refractivity contribution is 0.0438. The standard InChI is InChI=1S/C28H34F2N6O4/c29-22-16-21(17-23(30)19-22)26(37)32-24-18-20(27(38)34-8-4-31-5-9-34)2-3-25(24)33-6-1-7-35(11-10-33)28(39)36-12-14-40-15-13-36/h2-3,16-19,31H,1,4-15H2,(H,32,37). The third kappa shape index (κ3) is 6.50. The van der Waals surface area contributed by atoms with Gasteiger partial charge in [-0.05, 0) is 36.8 Å². The van der Waals surface area contributed by atoms with E-state index in [4.69, 9.17) is 4.74 Å². The van der Waals surface area contributed by atoms with E-state index in [1.165, 1.54) is 0 Å².